The summed E-state index contributed by atoms with van der Waals surface area (Å²) in [6, 6.07) is 4.45. The third kappa shape index (κ3) is 3.63. The lowest BCUT2D eigenvalue weighted by atomic mass is 9.71. The quantitative estimate of drug-likeness (QED) is 0.453. The molecule has 0 aromatic heterocycles. The standard InChI is InChI=1S/C16H22BN3O5/c18-11-5-4-9(6-12(11)19)15(21)20-13-7-8-2-1-3-10(16(22)23)14(8)25-17(13)24/h1-3,9,11-13,24H,4-7,18-19H2,(H,20,21)(H,22,23)/t9?,11-,12-,13+/m1/s1. The van der Waals surface area contributed by atoms with Gasteiger partial charge in [-0.15, -0.1) is 0 Å². The molecule has 1 fully saturated rings. The molecule has 0 bridgehead atoms. The van der Waals surface area contributed by atoms with Crippen molar-refractivity contribution in [3.05, 3.63) is 29.3 Å². The lowest BCUT2D eigenvalue weighted by Gasteiger charge is -2.33. The Bertz CT molecular complexity index is 686. The van der Waals surface area contributed by atoms with Crippen molar-refractivity contribution in [1.29, 1.82) is 0 Å². The Morgan fingerprint density at radius 2 is 2.00 bits per heavy atom. The molecule has 1 saturated carbocycles. The van der Waals surface area contributed by atoms with E-state index in [1.807, 2.05) is 0 Å². The Hall–Kier alpha value is -2.10. The molecule has 134 valence electrons. The van der Waals surface area contributed by atoms with E-state index in [1.54, 1.807) is 12.1 Å². The highest BCUT2D eigenvalue weighted by Crippen LogP contribution is 2.30. The van der Waals surface area contributed by atoms with Crippen LogP contribution < -0.4 is 21.4 Å². The van der Waals surface area contributed by atoms with Gasteiger partial charge in [-0.2, -0.15) is 0 Å². The van der Waals surface area contributed by atoms with E-state index in [2.05, 4.69) is 5.32 Å². The number of nitrogens with one attached hydrogen (secondary N) is 1. The van der Waals surface area contributed by atoms with Crippen LogP contribution in [0.2, 0.25) is 0 Å². The minimum atomic E-state index is -1.31. The summed E-state index contributed by atoms with van der Waals surface area (Å²) in [4.78, 5) is 23.7. The molecular weight excluding hydrogens is 325 g/mol. The Balaban J connectivity index is 1.69. The molecule has 0 saturated heterocycles. The van der Waals surface area contributed by atoms with Crippen molar-refractivity contribution in [1.82, 2.24) is 5.32 Å². The Labute approximate surface area is 145 Å². The molecule has 8 nitrogen and oxygen atoms in total. The topological polar surface area (TPSA) is 148 Å². The summed E-state index contributed by atoms with van der Waals surface area (Å²) in [5.41, 5.74) is 12.4. The van der Waals surface area contributed by atoms with Crippen LogP contribution in [0.15, 0.2) is 18.2 Å². The molecule has 9 heteroatoms. The first-order chi connectivity index (χ1) is 11.9. The lowest BCUT2D eigenvalue weighted by Crippen LogP contribution is -2.56. The predicted octanol–water partition coefficient (Wildman–Crippen LogP) is -0.721. The predicted molar refractivity (Wildman–Crippen MR) is 90.9 cm³/mol. The summed E-state index contributed by atoms with van der Waals surface area (Å²) in [6.45, 7) is 0. The van der Waals surface area contributed by atoms with Gasteiger partial charge in [0.1, 0.15) is 5.75 Å². The van der Waals surface area contributed by atoms with Gasteiger partial charge in [0.05, 0.1) is 11.5 Å². The lowest BCUT2D eigenvalue weighted by molar-refractivity contribution is -0.126. The van der Waals surface area contributed by atoms with Gasteiger partial charge in [0, 0.05) is 18.0 Å². The summed E-state index contributed by atoms with van der Waals surface area (Å²) < 4.78 is 5.38. The number of rotatable bonds is 3. The van der Waals surface area contributed by atoms with Crippen molar-refractivity contribution in [2.24, 2.45) is 17.4 Å². The van der Waals surface area contributed by atoms with E-state index in [9.17, 15) is 19.7 Å². The summed E-state index contributed by atoms with van der Waals surface area (Å²) in [5.74, 6) is -2.05. The van der Waals surface area contributed by atoms with Gasteiger partial charge in [-0.3, -0.25) is 4.79 Å². The average Bonchev–Trinajstić information content (AvgIpc) is 2.57. The molecule has 2 aliphatic rings. The molecule has 0 radical (unpaired) electrons. The Kier molecular flexibility index (Phi) is 4.98. The molecule has 1 amide bonds. The Morgan fingerprint density at radius 1 is 1.24 bits per heavy atom. The van der Waals surface area contributed by atoms with Crippen molar-refractivity contribution in [3.63, 3.8) is 0 Å². The molecule has 1 aliphatic heterocycles. The van der Waals surface area contributed by atoms with Gasteiger partial charge in [-0.25, -0.2) is 4.79 Å². The number of carboxylic acid groups (broad SMARTS) is 1. The number of aromatic carboxylic acids is 1. The first-order valence-corrected chi connectivity index (χ1v) is 8.38. The monoisotopic (exact) mass is 347 g/mol. The number of carboxylic acids is 1. The zero-order valence-electron chi connectivity index (χ0n) is 13.7. The van der Waals surface area contributed by atoms with Crippen LogP contribution in [0, 0.1) is 5.92 Å². The Morgan fingerprint density at radius 3 is 2.68 bits per heavy atom. The molecule has 1 aromatic rings. The van der Waals surface area contributed by atoms with Gasteiger partial charge in [0.2, 0.25) is 5.91 Å². The van der Waals surface area contributed by atoms with Crippen molar-refractivity contribution in [3.8, 4) is 5.75 Å². The zero-order chi connectivity index (χ0) is 18.1. The molecule has 7 N–H and O–H groups in total. The molecule has 3 rings (SSSR count). The molecule has 4 atom stereocenters. The highest BCUT2D eigenvalue weighted by molar-refractivity contribution is 6.47. The van der Waals surface area contributed by atoms with Gasteiger partial charge < -0.3 is 31.6 Å². The minimum absolute atomic E-state index is 0.00596. The highest BCUT2D eigenvalue weighted by atomic mass is 16.5. The van der Waals surface area contributed by atoms with Gasteiger partial charge >= 0.3 is 13.1 Å². The molecular formula is C16H22BN3O5. The number of hydrogen-bond donors (Lipinski definition) is 5. The van der Waals surface area contributed by atoms with Crippen LogP contribution in [-0.2, 0) is 11.2 Å². The van der Waals surface area contributed by atoms with E-state index in [1.165, 1.54) is 6.07 Å². The number of carbonyl (C=O) groups is 2. The van der Waals surface area contributed by atoms with Crippen LogP contribution in [-0.4, -0.2) is 47.2 Å². The summed E-state index contributed by atoms with van der Waals surface area (Å²) in [7, 11) is -1.31. The zero-order valence-corrected chi connectivity index (χ0v) is 13.7. The number of hydrogen-bond acceptors (Lipinski definition) is 6. The van der Waals surface area contributed by atoms with Crippen molar-refractivity contribution >= 4 is 19.0 Å². The smallest absolute Gasteiger partial charge is 0.534 e. The average molecular weight is 347 g/mol. The molecule has 0 spiro atoms. The fourth-order valence-electron chi connectivity index (χ4n) is 3.48. The van der Waals surface area contributed by atoms with E-state index < -0.39 is 19.0 Å². The minimum Gasteiger partial charge on any atom is -0.534 e. The van der Waals surface area contributed by atoms with E-state index in [4.69, 9.17) is 16.1 Å². The van der Waals surface area contributed by atoms with E-state index >= 15 is 0 Å². The molecule has 1 aromatic carbocycles. The maximum Gasteiger partial charge on any atom is 0.547 e. The van der Waals surface area contributed by atoms with Crippen LogP contribution in [0.5, 0.6) is 5.75 Å². The second-order valence-corrected chi connectivity index (χ2v) is 6.76. The molecule has 1 aliphatic carbocycles. The second-order valence-electron chi connectivity index (χ2n) is 6.76. The van der Waals surface area contributed by atoms with E-state index in [0.29, 0.717) is 31.2 Å². The maximum absolute atomic E-state index is 12.5. The number of benzene rings is 1. The fraction of sp³-hybridized carbons (Fsp3) is 0.500. The van der Waals surface area contributed by atoms with Crippen LogP contribution in [0.4, 0.5) is 0 Å². The third-order valence-corrected chi connectivity index (χ3v) is 5.00. The van der Waals surface area contributed by atoms with Crippen LogP contribution in [0.1, 0.15) is 35.2 Å². The van der Waals surface area contributed by atoms with Crippen molar-refractivity contribution in [2.45, 2.75) is 43.7 Å². The van der Waals surface area contributed by atoms with Crippen LogP contribution in [0.3, 0.4) is 0 Å². The SMILES string of the molecule is N[C@@H]1CCC(C(=O)N[C@H]2Cc3cccc(C(=O)O)c3OB2O)C[C@H]1N. The largest absolute Gasteiger partial charge is 0.547 e. The molecule has 25 heavy (non-hydrogen) atoms. The van der Waals surface area contributed by atoms with E-state index in [0.717, 1.165) is 0 Å². The van der Waals surface area contributed by atoms with Gasteiger partial charge in [0.15, 0.2) is 0 Å². The fourth-order valence-corrected chi connectivity index (χ4v) is 3.48. The molecule has 1 unspecified atom stereocenters. The van der Waals surface area contributed by atoms with Crippen LogP contribution in [0.25, 0.3) is 0 Å². The normalized spacial score (nSPS) is 28.7. The van der Waals surface area contributed by atoms with E-state index in [-0.39, 0.29) is 35.2 Å². The van der Waals surface area contributed by atoms with Crippen LogP contribution >= 0.6 is 0 Å². The van der Waals surface area contributed by atoms with Gasteiger partial charge in [-0.05, 0) is 37.3 Å². The number of para-hydroxylation sites is 1. The number of carbonyl (C=O) groups excluding carboxylic acids is 1. The first kappa shape index (κ1) is 17.7. The highest BCUT2D eigenvalue weighted by Gasteiger charge is 2.39. The van der Waals surface area contributed by atoms with Gasteiger partial charge in [0.25, 0.3) is 0 Å². The van der Waals surface area contributed by atoms with Crippen molar-refractivity contribution < 1.29 is 24.4 Å². The number of nitrogens with two attached hydrogens (primary N) is 2. The van der Waals surface area contributed by atoms with Crippen molar-refractivity contribution in [2.75, 3.05) is 0 Å². The summed E-state index contributed by atoms with van der Waals surface area (Å²) >= 11 is 0. The van der Waals surface area contributed by atoms with Gasteiger partial charge in [-0.1, -0.05) is 12.1 Å². The number of fused-ring (bicyclic) bond motifs is 1. The second kappa shape index (κ2) is 7.03. The third-order valence-electron chi connectivity index (χ3n) is 5.00. The first-order valence-electron chi connectivity index (χ1n) is 8.38. The maximum atomic E-state index is 12.5. The summed E-state index contributed by atoms with van der Waals surface area (Å²) in [5, 5.41) is 22.2. The molecule has 1 heterocycles. The summed E-state index contributed by atoms with van der Waals surface area (Å²) in [6.07, 6.45) is 2.15. The number of amides is 1.